The summed E-state index contributed by atoms with van der Waals surface area (Å²) in [5.74, 6) is 6.09. The molecular formula is C10H18N4O. The second-order valence-electron chi connectivity index (χ2n) is 4.52. The van der Waals surface area contributed by atoms with E-state index in [0.717, 1.165) is 6.42 Å². The Morgan fingerprint density at radius 2 is 2.20 bits per heavy atom. The quantitative estimate of drug-likeness (QED) is 0.583. The lowest BCUT2D eigenvalue weighted by Crippen LogP contribution is -2.13. The Hall–Kier alpha value is -1.36. The first kappa shape index (κ1) is 11.7. The highest BCUT2D eigenvalue weighted by Crippen LogP contribution is 2.18. The molecule has 1 rings (SSSR count). The lowest BCUT2D eigenvalue weighted by atomic mass is 9.93. The highest BCUT2D eigenvalue weighted by molar-refractivity contribution is 5.25. The first-order valence-electron chi connectivity index (χ1n) is 4.94. The van der Waals surface area contributed by atoms with Gasteiger partial charge in [0.05, 0.1) is 6.61 Å². The first-order valence-corrected chi connectivity index (χ1v) is 4.94. The molecule has 0 aliphatic rings. The van der Waals surface area contributed by atoms with E-state index in [9.17, 15) is 0 Å². The van der Waals surface area contributed by atoms with Crippen molar-refractivity contribution in [1.82, 2.24) is 9.97 Å². The Morgan fingerprint density at radius 3 is 2.80 bits per heavy atom. The maximum Gasteiger partial charge on any atom is 0.240 e. The Balaban J connectivity index is 2.44. The lowest BCUT2D eigenvalue weighted by Gasteiger charge is -2.17. The van der Waals surface area contributed by atoms with Crippen LogP contribution in [0.15, 0.2) is 12.3 Å². The number of nitrogen functional groups attached to an aromatic ring is 1. The van der Waals surface area contributed by atoms with E-state index >= 15 is 0 Å². The molecule has 5 heteroatoms. The van der Waals surface area contributed by atoms with Crippen LogP contribution in [0.1, 0.15) is 27.2 Å². The molecule has 1 aromatic heterocycles. The number of anilines is 1. The number of nitrogens with one attached hydrogen (secondary N) is 1. The molecule has 0 bridgehead atoms. The van der Waals surface area contributed by atoms with Crippen LogP contribution in [0.3, 0.4) is 0 Å². The van der Waals surface area contributed by atoms with Crippen LogP contribution in [0.4, 0.5) is 5.95 Å². The molecule has 5 nitrogen and oxygen atoms in total. The van der Waals surface area contributed by atoms with Gasteiger partial charge >= 0.3 is 0 Å². The zero-order chi connectivity index (χ0) is 11.3. The predicted molar refractivity (Wildman–Crippen MR) is 59.4 cm³/mol. The van der Waals surface area contributed by atoms with Gasteiger partial charge in [-0.25, -0.2) is 10.8 Å². The molecule has 3 N–H and O–H groups in total. The summed E-state index contributed by atoms with van der Waals surface area (Å²) in [5.41, 5.74) is 2.64. The summed E-state index contributed by atoms with van der Waals surface area (Å²) < 4.78 is 5.48. The number of hydrazine groups is 1. The average Bonchev–Trinajstić information content (AvgIpc) is 2.16. The van der Waals surface area contributed by atoms with Crippen molar-refractivity contribution in [2.45, 2.75) is 27.2 Å². The fraction of sp³-hybridized carbons (Fsp3) is 0.600. The normalized spacial score (nSPS) is 11.2. The zero-order valence-electron chi connectivity index (χ0n) is 9.45. The Bertz CT molecular complexity index is 309. The monoisotopic (exact) mass is 210 g/mol. The fourth-order valence-corrected chi connectivity index (χ4v) is 0.954. The second-order valence-corrected chi connectivity index (χ2v) is 4.52. The van der Waals surface area contributed by atoms with Crippen molar-refractivity contribution >= 4 is 5.95 Å². The summed E-state index contributed by atoms with van der Waals surface area (Å²) >= 11 is 0. The molecule has 0 aromatic carbocycles. The summed E-state index contributed by atoms with van der Waals surface area (Å²) in [6, 6.07) is 1.71. The summed E-state index contributed by atoms with van der Waals surface area (Å²) in [7, 11) is 0. The predicted octanol–water partition coefficient (Wildman–Crippen LogP) is 1.58. The summed E-state index contributed by atoms with van der Waals surface area (Å²) in [4.78, 5) is 7.93. The molecule has 0 fully saturated rings. The van der Waals surface area contributed by atoms with Crippen LogP contribution in [0, 0.1) is 5.41 Å². The minimum atomic E-state index is 0.266. The minimum absolute atomic E-state index is 0.266. The van der Waals surface area contributed by atoms with Crippen LogP contribution in [-0.4, -0.2) is 16.6 Å². The maximum absolute atomic E-state index is 5.48. The van der Waals surface area contributed by atoms with Crippen molar-refractivity contribution < 1.29 is 4.74 Å². The molecule has 15 heavy (non-hydrogen) atoms. The van der Waals surface area contributed by atoms with E-state index in [0.29, 0.717) is 18.4 Å². The molecule has 84 valence electrons. The molecule has 0 aliphatic heterocycles. The first-order chi connectivity index (χ1) is 7.01. The highest BCUT2D eigenvalue weighted by Gasteiger charge is 2.10. The van der Waals surface area contributed by atoms with Crippen LogP contribution < -0.4 is 16.0 Å². The topological polar surface area (TPSA) is 73.1 Å². The standard InChI is InChI=1S/C10H18N4O/c1-10(2,3)5-7-15-8-4-6-12-9(13-8)14-11/h4,6H,5,7,11H2,1-3H3,(H,12,13,14). The highest BCUT2D eigenvalue weighted by atomic mass is 16.5. The van der Waals surface area contributed by atoms with E-state index in [4.69, 9.17) is 10.6 Å². The number of nitrogens with zero attached hydrogens (tertiary/aromatic N) is 2. The smallest absolute Gasteiger partial charge is 0.240 e. The van der Waals surface area contributed by atoms with Gasteiger partial charge in [0, 0.05) is 12.3 Å². The van der Waals surface area contributed by atoms with Gasteiger partial charge in [-0.1, -0.05) is 20.8 Å². The van der Waals surface area contributed by atoms with Crippen LogP contribution in [0.5, 0.6) is 5.88 Å². The van der Waals surface area contributed by atoms with Crippen molar-refractivity contribution in [2.75, 3.05) is 12.0 Å². The molecule has 0 saturated carbocycles. The van der Waals surface area contributed by atoms with Crippen molar-refractivity contribution in [3.63, 3.8) is 0 Å². The molecule has 0 aliphatic carbocycles. The van der Waals surface area contributed by atoms with Gasteiger partial charge in [-0.2, -0.15) is 4.98 Å². The van der Waals surface area contributed by atoms with Crippen LogP contribution in [0.25, 0.3) is 0 Å². The number of ether oxygens (including phenoxy) is 1. The van der Waals surface area contributed by atoms with Gasteiger partial charge in [0.2, 0.25) is 11.8 Å². The number of hydrogen-bond donors (Lipinski definition) is 2. The maximum atomic E-state index is 5.48. The van der Waals surface area contributed by atoms with Crippen LogP contribution >= 0.6 is 0 Å². The SMILES string of the molecule is CC(C)(C)CCOc1ccnc(NN)n1. The van der Waals surface area contributed by atoms with E-state index in [1.54, 1.807) is 12.3 Å². The minimum Gasteiger partial charge on any atom is -0.478 e. The van der Waals surface area contributed by atoms with Gasteiger partial charge in [0.25, 0.3) is 0 Å². The lowest BCUT2D eigenvalue weighted by molar-refractivity contribution is 0.236. The Morgan fingerprint density at radius 1 is 1.47 bits per heavy atom. The van der Waals surface area contributed by atoms with E-state index < -0.39 is 0 Å². The molecule has 0 amide bonds. The molecule has 0 spiro atoms. The number of nitrogens with two attached hydrogens (primary N) is 1. The second kappa shape index (κ2) is 4.93. The summed E-state index contributed by atoms with van der Waals surface area (Å²) in [5, 5.41) is 0. The average molecular weight is 210 g/mol. The van der Waals surface area contributed by atoms with Gasteiger partial charge in [0.1, 0.15) is 0 Å². The molecule has 1 aromatic rings. The fourth-order valence-electron chi connectivity index (χ4n) is 0.954. The third kappa shape index (κ3) is 4.60. The molecule has 0 atom stereocenters. The van der Waals surface area contributed by atoms with Gasteiger partial charge < -0.3 is 4.74 Å². The molecular weight excluding hydrogens is 192 g/mol. The summed E-state index contributed by atoms with van der Waals surface area (Å²) in [6.07, 6.45) is 2.58. The third-order valence-electron chi connectivity index (χ3n) is 1.86. The molecule has 1 heterocycles. The Labute approximate surface area is 90.0 Å². The zero-order valence-corrected chi connectivity index (χ0v) is 9.45. The number of rotatable bonds is 4. The number of hydrogen-bond acceptors (Lipinski definition) is 5. The van der Waals surface area contributed by atoms with Gasteiger partial charge in [0.15, 0.2) is 0 Å². The van der Waals surface area contributed by atoms with E-state index in [1.165, 1.54) is 0 Å². The van der Waals surface area contributed by atoms with Crippen molar-refractivity contribution in [3.05, 3.63) is 12.3 Å². The molecule has 0 radical (unpaired) electrons. The van der Waals surface area contributed by atoms with Crippen molar-refractivity contribution in [2.24, 2.45) is 11.3 Å². The van der Waals surface area contributed by atoms with E-state index in [2.05, 4.69) is 36.2 Å². The van der Waals surface area contributed by atoms with Gasteiger partial charge in [-0.05, 0) is 11.8 Å². The summed E-state index contributed by atoms with van der Waals surface area (Å²) in [6.45, 7) is 7.15. The largest absolute Gasteiger partial charge is 0.478 e. The third-order valence-corrected chi connectivity index (χ3v) is 1.86. The van der Waals surface area contributed by atoms with Crippen molar-refractivity contribution in [3.8, 4) is 5.88 Å². The van der Waals surface area contributed by atoms with E-state index in [1.807, 2.05) is 0 Å². The van der Waals surface area contributed by atoms with Crippen molar-refractivity contribution in [1.29, 1.82) is 0 Å². The van der Waals surface area contributed by atoms with Crippen LogP contribution in [0.2, 0.25) is 0 Å². The van der Waals surface area contributed by atoms with E-state index in [-0.39, 0.29) is 5.41 Å². The Kier molecular flexibility index (Phi) is 3.85. The molecule has 0 unspecified atom stereocenters. The van der Waals surface area contributed by atoms with Crippen LogP contribution in [-0.2, 0) is 0 Å². The number of aromatic nitrogens is 2. The van der Waals surface area contributed by atoms with Gasteiger partial charge in [-0.3, -0.25) is 5.43 Å². The molecule has 0 saturated heterocycles. The van der Waals surface area contributed by atoms with Gasteiger partial charge in [-0.15, -0.1) is 0 Å².